The molecule has 35 heavy (non-hydrogen) atoms. The fourth-order valence-electron chi connectivity index (χ4n) is 5.20. The molecule has 2 aliphatic rings. The minimum absolute atomic E-state index is 0.0381. The summed E-state index contributed by atoms with van der Waals surface area (Å²) in [7, 11) is -3.40. The van der Waals surface area contributed by atoms with E-state index < -0.39 is 9.84 Å². The molecule has 1 saturated carbocycles. The van der Waals surface area contributed by atoms with E-state index in [-0.39, 0.29) is 28.9 Å². The van der Waals surface area contributed by atoms with Crippen LogP contribution in [0.5, 0.6) is 0 Å². The van der Waals surface area contributed by atoms with Gasteiger partial charge in [-0.1, -0.05) is 18.2 Å². The number of nitrogens with one attached hydrogen (secondary N) is 1. The third kappa shape index (κ3) is 5.04. The number of carbonyl (C=O) groups is 1. The average Bonchev–Trinajstić information content (AvgIpc) is 3.25. The molecule has 0 bridgehead atoms. The van der Waals surface area contributed by atoms with Crippen LogP contribution in [0.15, 0.2) is 47.6 Å². The molecule has 1 saturated heterocycles. The Morgan fingerprint density at radius 2 is 1.77 bits per heavy atom. The lowest BCUT2D eigenvalue weighted by atomic mass is 9.85. The highest BCUT2D eigenvalue weighted by Gasteiger charge is 2.31. The minimum Gasteiger partial charge on any atom is -0.393 e. The highest BCUT2D eigenvalue weighted by molar-refractivity contribution is 7.91. The summed E-state index contributed by atoms with van der Waals surface area (Å²) in [5, 5.41) is 13.8. The van der Waals surface area contributed by atoms with E-state index in [4.69, 9.17) is 0 Å². The summed E-state index contributed by atoms with van der Waals surface area (Å²) in [5.41, 5.74) is 0.766. The quantitative estimate of drug-likeness (QED) is 0.557. The van der Waals surface area contributed by atoms with Crippen LogP contribution in [0, 0.1) is 5.92 Å². The number of anilines is 1. The number of hydrogen-bond donors (Lipinski definition) is 2. The molecular weight excluding hydrogens is 466 g/mol. The Morgan fingerprint density at radius 1 is 1.06 bits per heavy atom. The Balaban J connectivity index is 1.27. The number of hydrogen-bond acceptors (Lipinski definition) is 7. The number of likely N-dealkylation sites (tertiary alicyclic amines) is 1. The molecule has 0 radical (unpaired) electrons. The number of carbonyl (C=O) groups excluding carboxylic acids is 1. The van der Waals surface area contributed by atoms with Gasteiger partial charge in [-0.05, 0) is 50.7 Å². The van der Waals surface area contributed by atoms with Gasteiger partial charge in [-0.25, -0.2) is 13.4 Å². The monoisotopic (exact) mass is 497 g/mol. The number of piperidine rings is 1. The van der Waals surface area contributed by atoms with Crippen LogP contribution in [0.2, 0.25) is 0 Å². The van der Waals surface area contributed by atoms with Crippen LogP contribution in [0.25, 0.3) is 16.7 Å². The number of benzene rings is 1. The number of fused-ring (bicyclic) bond motifs is 1. The summed E-state index contributed by atoms with van der Waals surface area (Å²) >= 11 is 0. The van der Waals surface area contributed by atoms with Crippen molar-refractivity contribution in [2.75, 3.05) is 24.7 Å². The number of nitrogens with zero attached hydrogens (tertiary/aromatic N) is 4. The van der Waals surface area contributed by atoms with Gasteiger partial charge in [0.1, 0.15) is 5.82 Å². The van der Waals surface area contributed by atoms with Crippen LogP contribution in [-0.4, -0.2) is 70.4 Å². The first-order valence-corrected chi connectivity index (χ1v) is 14.1. The highest BCUT2D eigenvalue weighted by atomic mass is 32.2. The molecule has 1 aliphatic heterocycles. The summed E-state index contributed by atoms with van der Waals surface area (Å²) < 4.78 is 26.4. The number of sulfone groups is 1. The first-order valence-electron chi connectivity index (χ1n) is 12.2. The third-order valence-corrected chi connectivity index (χ3v) is 8.27. The fourth-order valence-corrected chi connectivity index (χ4v) is 6.07. The maximum absolute atomic E-state index is 12.9. The molecule has 186 valence electrons. The maximum atomic E-state index is 12.9. The first kappa shape index (κ1) is 23.7. The van der Waals surface area contributed by atoms with Crippen molar-refractivity contribution >= 4 is 32.6 Å². The zero-order valence-electron chi connectivity index (χ0n) is 19.8. The van der Waals surface area contributed by atoms with E-state index >= 15 is 0 Å². The maximum Gasteiger partial charge on any atom is 0.225 e. The van der Waals surface area contributed by atoms with Gasteiger partial charge >= 0.3 is 0 Å². The summed E-state index contributed by atoms with van der Waals surface area (Å²) in [4.78, 5) is 24.1. The molecule has 2 N–H and O–H groups in total. The van der Waals surface area contributed by atoms with Crippen LogP contribution in [0.3, 0.4) is 0 Å². The molecule has 3 aromatic rings. The number of aliphatic hydroxyl groups is 1. The van der Waals surface area contributed by atoms with Gasteiger partial charge in [0.05, 0.1) is 16.5 Å². The van der Waals surface area contributed by atoms with Crippen LogP contribution >= 0.6 is 0 Å². The Bertz CT molecular complexity index is 1320. The summed E-state index contributed by atoms with van der Waals surface area (Å²) in [6.07, 6.45) is 8.87. The van der Waals surface area contributed by atoms with Crippen molar-refractivity contribution in [3.05, 3.63) is 42.7 Å². The Kier molecular flexibility index (Phi) is 6.50. The molecule has 10 heteroatoms. The molecule has 1 amide bonds. The normalized spacial score (nSPS) is 21.8. The summed E-state index contributed by atoms with van der Waals surface area (Å²) in [6.45, 7) is 1.29. The van der Waals surface area contributed by atoms with Crippen LogP contribution in [0.4, 0.5) is 5.95 Å². The van der Waals surface area contributed by atoms with Crippen LogP contribution in [0.1, 0.15) is 38.5 Å². The molecule has 0 atom stereocenters. The van der Waals surface area contributed by atoms with Gasteiger partial charge < -0.3 is 15.3 Å². The second-order valence-electron chi connectivity index (χ2n) is 9.64. The van der Waals surface area contributed by atoms with Crippen molar-refractivity contribution in [2.45, 2.75) is 55.6 Å². The lowest BCUT2D eigenvalue weighted by Gasteiger charge is -2.35. The number of aliphatic hydroxyl groups excluding tert-OH is 1. The zero-order chi connectivity index (χ0) is 24.6. The molecule has 1 aliphatic carbocycles. The standard InChI is InChI=1S/C25H31N5O4S/c1-35(33,34)22-16-30(21-5-3-2-4-20(21)22)23-10-13-26-25(28-23)27-18-8-6-17(7-9-18)24(32)29-14-11-19(31)12-15-29/h2-5,10,13,16-19,31H,6-9,11-12,14-15H2,1H3,(H,26,27,28). The molecule has 0 spiro atoms. The molecule has 2 aromatic heterocycles. The first-order chi connectivity index (χ1) is 16.8. The van der Waals surface area contributed by atoms with Gasteiger partial charge in [-0.3, -0.25) is 9.36 Å². The predicted octanol–water partition coefficient (Wildman–Crippen LogP) is 2.78. The van der Waals surface area contributed by atoms with Gasteiger partial charge in [0.25, 0.3) is 0 Å². The molecule has 1 aromatic carbocycles. The van der Waals surface area contributed by atoms with E-state index in [1.807, 2.05) is 23.1 Å². The lowest BCUT2D eigenvalue weighted by Crippen LogP contribution is -2.44. The Morgan fingerprint density at radius 3 is 2.49 bits per heavy atom. The molecule has 3 heterocycles. The third-order valence-electron chi connectivity index (χ3n) is 7.15. The van der Waals surface area contributed by atoms with Gasteiger partial charge in [-0.2, -0.15) is 4.98 Å². The van der Waals surface area contributed by atoms with Gasteiger partial charge in [0, 0.05) is 49.1 Å². The average molecular weight is 498 g/mol. The Labute approximate surface area is 205 Å². The number of para-hydroxylation sites is 1. The second-order valence-corrected chi connectivity index (χ2v) is 11.6. The largest absolute Gasteiger partial charge is 0.393 e. The summed E-state index contributed by atoms with van der Waals surface area (Å²) in [5.74, 6) is 1.33. The lowest BCUT2D eigenvalue weighted by molar-refractivity contribution is -0.138. The molecule has 0 unspecified atom stereocenters. The van der Waals surface area contributed by atoms with Crippen LogP contribution < -0.4 is 5.32 Å². The van der Waals surface area contributed by atoms with Crippen LogP contribution in [-0.2, 0) is 14.6 Å². The van der Waals surface area contributed by atoms with Crippen molar-refractivity contribution in [2.24, 2.45) is 5.92 Å². The van der Waals surface area contributed by atoms with E-state index in [1.54, 1.807) is 29.1 Å². The minimum atomic E-state index is -3.40. The van der Waals surface area contributed by atoms with E-state index in [0.717, 1.165) is 31.2 Å². The molecule has 9 nitrogen and oxygen atoms in total. The van der Waals surface area contributed by atoms with E-state index in [2.05, 4.69) is 15.3 Å². The highest BCUT2D eigenvalue weighted by Crippen LogP contribution is 2.30. The summed E-state index contributed by atoms with van der Waals surface area (Å²) in [6, 6.07) is 9.30. The predicted molar refractivity (Wildman–Crippen MR) is 133 cm³/mol. The topological polar surface area (TPSA) is 117 Å². The van der Waals surface area contributed by atoms with Crippen molar-refractivity contribution in [1.82, 2.24) is 19.4 Å². The van der Waals surface area contributed by atoms with E-state index in [1.165, 1.54) is 6.26 Å². The van der Waals surface area contributed by atoms with Crippen molar-refractivity contribution in [1.29, 1.82) is 0 Å². The van der Waals surface area contributed by atoms with E-state index in [9.17, 15) is 18.3 Å². The van der Waals surface area contributed by atoms with Crippen molar-refractivity contribution in [3.8, 4) is 5.82 Å². The van der Waals surface area contributed by atoms with E-state index in [0.29, 0.717) is 43.1 Å². The molecular formula is C25H31N5O4S. The number of aromatic nitrogens is 3. The fraction of sp³-hybridized carbons (Fsp3) is 0.480. The molecule has 5 rings (SSSR count). The smallest absolute Gasteiger partial charge is 0.225 e. The van der Waals surface area contributed by atoms with Gasteiger partial charge in [-0.15, -0.1) is 0 Å². The molecule has 2 fully saturated rings. The van der Waals surface area contributed by atoms with Gasteiger partial charge in [0.15, 0.2) is 9.84 Å². The Hall–Kier alpha value is -2.98. The number of amides is 1. The zero-order valence-corrected chi connectivity index (χ0v) is 20.6. The van der Waals surface area contributed by atoms with Crippen molar-refractivity contribution in [3.63, 3.8) is 0 Å². The second kappa shape index (κ2) is 9.58. The SMILES string of the molecule is CS(=O)(=O)c1cn(-c2ccnc(NC3CCC(C(=O)N4CCC(O)CC4)CC3)n2)c2ccccc12. The van der Waals surface area contributed by atoms with Crippen molar-refractivity contribution < 1.29 is 18.3 Å². The number of rotatable bonds is 5. The van der Waals surface area contributed by atoms with Gasteiger partial charge in [0.2, 0.25) is 11.9 Å².